The van der Waals surface area contributed by atoms with E-state index in [1.54, 1.807) is 35.3 Å². The molecule has 0 aliphatic rings. The molecule has 0 bridgehead atoms. The van der Waals surface area contributed by atoms with Crippen LogP contribution in [0.15, 0.2) is 36.7 Å². The van der Waals surface area contributed by atoms with Crippen molar-refractivity contribution in [2.75, 3.05) is 12.9 Å². The minimum atomic E-state index is -3.64. The minimum absolute atomic E-state index is 0.214. The van der Waals surface area contributed by atoms with Crippen molar-refractivity contribution in [2.45, 2.75) is 13.8 Å². The van der Waals surface area contributed by atoms with Gasteiger partial charge in [-0.05, 0) is 30.2 Å². The molecule has 2 aromatic heterocycles. The van der Waals surface area contributed by atoms with E-state index in [2.05, 4.69) is 10.1 Å². The molecule has 0 saturated heterocycles. The Labute approximate surface area is 167 Å². The highest BCUT2D eigenvalue weighted by Crippen LogP contribution is 2.26. The van der Waals surface area contributed by atoms with Crippen molar-refractivity contribution in [3.63, 3.8) is 0 Å². The molecule has 0 atom stereocenters. The summed E-state index contributed by atoms with van der Waals surface area (Å²) in [7, 11) is -3.64. The molecule has 8 nitrogen and oxygen atoms in total. The van der Waals surface area contributed by atoms with Gasteiger partial charge in [0.1, 0.15) is 5.02 Å². The summed E-state index contributed by atoms with van der Waals surface area (Å²) in [6, 6.07) is 6.46. The summed E-state index contributed by atoms with van der Waals surface area (Å²) < 4.78 is 31.6. The van der Waals surface area contributed by atoms with Crippen LogP contribution in [-0.2, 0) is 10.0 Å². The van der Waals surface area contributed by atoms with Crippen LogP contribution in [0.3, 0.4) is 0 Å². The van der Waals surface area contributed by atoms with Crippen molar-refractivity contribution >= 4 is 38.4 Å². The minimum Gasteiger partial charge on any atom is -0.476 e. The zero-order chi connectivity index (χ0) is 20.5. The Morgan fingerprint density at radius 3 is 2.68 bits per heavy atom. The van der Waals surface area contributed by atoms with Gasteiger partial charge in [0.25, 0.3) is 5.91 Å². The average molecular weight is 423 g/mol. The Bertz CT molecular complexity index is 1140. The maximum absolute atomic E-state index is 12.0. The SMILES string of the molecule is CC(C)COc1ncc(-n2ncc3cc(C(=O)NS(C)(=O)=O)ccc32)cc1Cl. The molecule has 148 valence electrons. The van der Waals surface area contributed by atoms with E-state index in [1.165, 1.54) is 6.07 Å². The summed E-state index contributed by atoms with van der Waals surface area (Å²) >= 11 is 6.27. The maximum atomic E-state index is 12.0. The number of pyridine rings is 1. The molecule has 28 heavy (non-hydrogen) atoms. The van der Waals surface area contributed by atoms with E-state index >= 15 is 0 Å². The number of carbonyl (C=O) groups excluding carboxylic acids is 1. The first-order valence-electron chi connectivity index (χ1n) is 8.42. The lowest BCUT2D eigenvalue weighted by molar-refractivity contribution is 0.0982. The highest BCUT2D eigenvalue weighted by atomic mass is 35.5. The molecule has 0 radical (unpaired) electrons. The quantitative estimate of drug-likeness (QED) is 0.655. The molecule has 1 N–H and O–H groups in total. The van der Waals surface area contributed by atoms with E-state index in [4.69, 9.17) is 16.3 Å². The molecule has 0 fully saturated rings. The molecule has 3 aromatic rings. The molecule has 0 unspecified atom stereocenters. The normalized spacial score (nSPS) is 11.8. The first kappa shape index (κ1) is 20.1. The van der Waals surface area contributed by atoms with Crippen LogP contribution in [0, 0.1) is 5.92 Å². The number of aromatic nitrogens is 3. The highest BCUT2D eigenvalue weighted by molar-refractivity contribution is 7.89. The zero-order valence-corrected chi connectivity index (χ0v) is 17.1. The van der Waals surface area contributed by atoms with Gasteiger partial charge in [-0.1, -0.05) is 25.4 Å². The number of nitrogens with one attached hydrogen (secondary N) is 1. The van der Waals surface area contributed by atoms with Crippen LogP contribution in [0.4, 0.5) is 0 Å². The first-order valence-corrected chi connectivity index (χ1v) is 10.7. The van der Waals surface area contributed by atoms with Gasteiger partial charge >= 0.3 is 0 Å². The van der Waals surface area contributed by atoms with Crippen LogP contribution in [0.25, 0.3) is 16.6 Å². The molecular weight excluding hydrogens is 404 g/mol. The van der Waals surface area contributed by atoms with E-state index in [-0.39, 0.29) is 5.56 Å². The molecule has 0 aliphatic carbocycles. The van der Waals surface area contributed by atoms with Crippen LogP contribution in [0.1, 0.15) is 24.2 Å². The highest BCUT2D eigenvalue weighted by Gasteiger charge is 2.14. The van der Waals surface area contributed by atoms with Crippen LogP contribution in [-0.4, -0.2) is 42.0 Å². The predicted molar refractivity (Wildman–Crippen MR) is 107 cm³/mol. The number of hydrogen-bond donors (Lipinski definition) is 1. The van der Waals surface area contributed by atoms with Gasteiger partial charge in [0, 0.05) is 10.9 Å². The van der Waals surface area contributed by atoms with Crippen LogP contribution in [0.2, 0.25) is 5.02 Å². The van der Waals surface area contributed by atoms with Crippen molar-refractivity contribution in [1.29, 1.82) is 0 Å². The second-order valence-electron chi connectivity index (χ2n) is 6.72. The smallest absolute Gasteiger partial charge is 0.264 e. The number of benzene rings is 1. The summed E-state index contributed by atoms with van der Waals surface area (Å²) in [5.41, 5.74) is 1.56. The second-order valence-corrected chi connectivity index (χ2v) is 8.87. The van der Waals surface area contributed by atoms with E-state index in [0.29, 0.717) is 40.0 Å². The Kier molecular flexibility index (Phi) is 5.57. The molecule has 0 spiro atoms. The lowest BCUT2D eigenvalue weighted by atomic mass is 10.1. The van der Waals surface area contributed by atoms with E-state index in [9.17, 15) is 13.2 Å². The molecule has 0 aliphatic heterocycles. The van der Waals surface area contributed by atoms with E-state index in [1.807, 2.05) is 18.6 Å². The summed E-state index contributed by atoms with van der Waals surface area (Å²) in [5, 5.41) is 5.34. The topological polar surface area (TPSA) is 103 Å². The number of hydrogen-bond acceptors (Lipinski definition) is 6. The second kappa shape index (κ2) is 7.76. The fourth-order valence-electron chi connectivity index (χ4n) is 2.49. The summed E-state index contributed by atoms with van der Waals surface area (Å²) in [5.74, 6) is 0.00511. The third-order valence-electron chi connectivity index (χ3n) is 3.70. The van der Waals surface area contributed by atoms with Crippen LogP contribution in [0.5, 0.6) is 5.88 Å². The largest absolute Gasteiger partial charge is 0.476 e. The van der Waals surface area contributed by atoms with Crippen molar-refractivity contribution in [3.8, 4) is 11.6 Å². The summed E-state index contributed by atoms with van der Waals surface area (Å²) in [6.07, 6.45) is 4.09. The van der Waals surface area contributed by atoms with Crippen LogP contribution < -0.4 is 9.46 Å². The molecule has 3 rings (SSSR count). The fourth-order valence-corrected chi connectivity index (χ4v) is 3.16. The number of fused-ring (bicyclic) bond motifs is 1. The van der Waals surface area contributed by atoms with E-state index < -0.39 is 15.9 Å². The first-order chi connectivity index (χ1) is 13.1. The van der Waals surface area contributed by atoms with Gasteiger partial charge in [0.2, 0.25) is 15.9 Å². The summed E-state index contributed by atoms with van der Waals surface area (Å²) in [4.78, 5) is 16.3. The number of sulfonamides is 1. The standard InChI is InChI=1S/C18H19ClN4O4S/c1-11(2)10-27-18-15(19)7-14(9-20-18)23-16-5-4-12(6-13(16)8-21-23)17(24)22-28(3,25)26/h4-9,11H,10H2,1-3H3,(H,22,24). The Hall–Kier alpha value is -2.65. The number of carbonyl (C=O) groups is 1. The Morgan fingerprint density at radius 2 is 2.04 bits per heavy atom. The van der Waals surface area contributed by atoms with Gasteiger partial charge in [-0.3, -0.25) is 4.79 Å². The fraction of sp³-hybridized carbons (Fsp3) is 0.278. The monoisotopic (exact) mass is 422 g/mol. The Morgan fingerprint density at radius 1 is 1.29 bits per heavy atom. The van der Waals surface area contributed by atoms with Crippen LogP contribution >= 0.6 is 11.6 Å². The molecule has 1 amide bonds. The lowest BCUT2D eigenvalue weighted by Gasteiger charge is -2.10. The number of rotatable bonds is 6. The average Bonchev–Trinajstić information content (AvgIpc) is 3.02. The number of halogens is 1. The third kappa shape index (κ3) is 4.60. The lowest BCUT2D eigenvalue weighted by Crippen LogP contribution is -2.29. The molecule has 2 heterocycles. The van der Waals surface area contributed by atoms with E-state index in [0.717, 1.165) is 6.26 Å². The summed E-state index contributed by atoms with van der Waals surface area (Å²) in [6.45, 7) is 4.57. The maximum Gasteiger partial charge on any atom is 0.264 e. The number of nitrogens with zero attached hydrogens (tertiary/aromatic N) is 3. The van der Waals surface area contributed by atoms with Gasteiger partial charge in [0.05, 0.1) is 36.5 Å². The van der Waals surface area contributed by atoms with Gasteiger partial charge in [0.15, 0.2) is 0 Å². The third-order valence-corrected chi connectivity index (χ3v) is 4.53. The number of amides is 1. The van der Waals surface area contributed by atoms with Crippen molar-refractivity contribution in [2.24, 2.45) is 5.92 Å². The van der Waals surface area contributed by atoms with Crippen molar-refractivity contribution < 1.29 is 17.9 Å². The van der Waals surface area contributed by atoms with Gasteiger partial charge < -0.3 is 4.74 Å². The molecule has 0 saturated carbocycles. The Balaban J connectivity index is 1.90. The van der Waals surface area contributed by atoms with Crippen molar-refractivity contribution in [3.05, 3.63) is 47.2 Å². The molecule has 1 aromatic carbocycles. The zero-order valence-electron chi connectivity index (χ0n) is 15.5. The van der Waals surface area contributed by atoms with Gasteiger partial charge in [-0.15, -0.1) is 0 Å². The predicted octanol–water partition coefficient (Wildman–Crippen LogP) is 2.80. The van der Waals surface area contributed by atoms with Gasteiger partial charge in [-0.25, -0.2) is 22.8 Å². The molecule has 10 heteroatoms. The molecular formula is C18H19ClN4O4S. The van der Waals surface area contributed by atoms with Crippen molar-refractivity contribution in [1.82, 2.24) is 19.5 Å². The number of ether oxygens (including phenoxy) is 1. The van der Waals surface area contributed by atoms with Gasteiger partial charge in [-0.2, -0.15) is 5.10 Å².